The van der Waals surface area contributed by atoms with Gasteiger partial charge in [-0.25, -0.2) is 36.8 Å². The van der Waals surface area contributed by atoms with Gasteiger partial charge in [0.2, 0.25) is 23.5 Å². The van der Waals surface area contributed by atoms with Crippen molar-refractivity contribution in [3.63, 3.8) is 0 Å². The quantitative estimate of drug-likeness (QED) is 0.117. The van der Waals surface area contributed by atoms with E-state index in [1.807, 2.05) is 0 Å². The SMILES string of the molecule is COc1cccc(OC)c1-n1c(CS(=O)(=O)[C@@H]2C[C@H](O)CN(c3ncc(Cl)cn3)C2)nnc1-c1ccc(C)o1.COc1cccc(OC)c1-n1c(CS(=O)(=O)[C@H]2C[C@@H](O)CN(c3ncc(Cl)cn3)C2)nnc1-c1ccc(C)o1. The van der Waals surface area contributed by atoms with Gasteiger partial charge < -0.3 is 47.8 Å². The van der Waals surface area contributed by atoms with Crippen LogP contribution in [0.25, 0.3) is 34.5 Å². The maximum absolute atomic E-state index is 13.8. The van der Waals surface area contributed by atoms with Crippen LogP contribution in [-0.4, -0.2) is 154 Å². The first kappa shape index (κ1) is 55.4. The first-order valence-electron chi connectivity index (χ1n) is 24.1. The standard InChI is InChI=1S/2C25H27ClN6O6S/c2*1-15-7-8-21(38-15)24-30-29-22(32(24)23-19(36-2)5-4-6-20(23)37-3)14-39(34,35)18-9-17(33)12-31(13-18)25-27-10-16(26)11-28-25/h2*4-8,10-11,17-18,33H,9,12-14H2,1-3H3/t2*17-,18+/m10/s1. The third-order valence-electron chi connectivity index (χ3n) is 12.9. The lowest BCUT2D eigenvalue weighted by molar-refractivity contribution is 0.154. The number of nitrogens with zero attached hydrogens (tertiary/aromatic N) is 12. The third kappa shape index (κ3) is 11.9. The number of hydrogen-bond acceptors (Lipinski definition) is 22. The van der Waals surface area contributed by atoms with Crippen LogP contribution in [0.15, 0.2) is 94.3 Å². The van der Waals surface area contributed by atoms with Gasteiger partial charge in [-0.05, 0) is 75.2 Å². The highest BCUT2D eigenvalue weighted by Crippen LogP contribution is 2.40. The molecule has 2 aliphatic rings. The molecule has 0 unspecified atom stereocenters. The van der Waals surface area contributed by atoms with Gasteiger partial charge in [-0.15, -0.1) is 20.4 Å². The molecule has 8 heterocycles. The molecule has 0 radical (unpaired) electrons. The topological polar surface area (TPSA) is 291 Å². The summed E-state index contributed by atoms with van der Waals surface area (Å²) in [5.74, 6) is 4.31. The van der Waals surface area contributed by atoms with Crippen LogP contribution >= 0.6 is 23.2 Å². The van der Waals surface area contributed by atoms with E-state index in [4.69, 9.17) is 51.0 Å². The smallest absolute Gasteiger partial charge is 0.225 e. The van der Waals surface area contributed by atoms with E-state index >= 15 is 0 Å². The second-order valence-electron chi connectivity index (χ2n) is 18.2. The molecule has 8 aromatic rings. The second kappa shape index (κ2) is 23.3. The van der Waals surface area contributed by atoms with E-state index in [0.29, 0.717) is 67.5 Å². The molecule has 2 aliphatic heterocycles. The van der Waals surface area contributed by atoms with Gasteiger partial charge in [0, 0.05) is 26.2 Å². The average molecular weight is 1150 g/mol. The zero-order valence-corrected chi connectivity index (χ0v) is 46.1. The van der Waals surface area contributed by atoms with E-state index in [0.717, 1.165) is 0 Å². The van der Waals surface area contributed by atoms with Gasteiger partial charge in [0.1, 0.15) is 57.4 Å². The molecule has 2 aromatic carbocycles. The van der Waals surface area contributed by atoms with Crippen molar-refractivity contribution in [2.24, 2.45) is 0 Å². The summed E-state index contributed by atoms with van der Waals surface area (Å²) < 4.78 is 92.4. The monoisotopic (exact) mass is 1150 g/mol. The van der Waals surface area contributed by atoms with Gasteiger partial charge >= 0.3 is 0 Å². The number of aromatic nitrogens is 10. The molecule has 6 aromatic heterocycles. The minimum atomic E-state index is -3.87. The average Bonchev–Trinajstić information content (AvgIpc) is 4.26. The lowest BCUT2D eigenvalue weighted by Gasteiger charge is -2.35. The number of sulfone groups is 2. The van der Waals surface area contributed by atoms with Crippen LogP contribution in [-0.2, 0) is 31.2 Å². The summed E-state index contributed by atoms with van der Waals surface area (Å²) in [5.41, 5.74) is 0.864. The van der Waals surface area contributed by atoms with E-state index in [2.05, 4.69) is 40.3 Å². The number of hydrogen-bond donors (Lipinski definition) is 2. The van der Waals surface area contributed by atoms with Crippen molar-refractivity contribution in [3.05, 3.63) is 119 Å². The van der Waals surface area contributed by atoms with Crippen LogP contribution in [0, 0.1) is 13.8 Å². The number of benzene rings is 2. The summed E-state index contributed by atoms with van der Waals surface area (Å²) in [6.45, 7) is 4.18. The summed E-state index contributed by atoms with van der Waals surface area (Å²) in [6, 6.07) is 17.5. The Morgan fingerprint density at radius 2 is 0.885 bits per heavy atom. The normalized spacial score (nSPS) is 17.8. The Bertz CT molecular complexity index is 3340. The van der Waals surface area contributed by atoms with Crippen molar-refractivity contribution >= 4 is 54.8 Å². The summed E-state index contributed by atoms with van der Waals surface area (Å²) >= 11 is 11.8. The number of rotatable bonds is 16. The van der Waals surface area contributed by atoms with Gasteiger partial charge in [-0.2, -0.15) is 0 Å². The van der Waals surface area contributed by atoms with Crippen LogP contribution < -0.4 is 28.7 Å². The van der Waals surface area contributed by atoms with E-state index in [1.165, 1.54) is 53.2 Å². The van der Waals surface area contributed by atoms with Crippen molar-refractivity contribution in [2.45, 2.75) is 60.9 Å². The predicted octanol–water partition coefficient (Wildman–Crippen LogP) is 5.70. The molecule has 2 saturated heterocycles. The molecule has 0 amide bonds. The Labute approximate surface area is 458 Å². The van der Waals surface area contributed by atoms with Crippen LogP contribution in [0.2, 0.25) is 10.0 Å². The fourth-order valence-electron chi connectivity index (χ4n) is 9.26. The number of aryl methyl sites for hydroxylation is 2. The fourth-order valence-corrected chi connectivity index (χ4v) is 12.9. The number of aliphatic hydroxyl groups is 2. The predicted molar refractivity (Wildman–Crippen MR) is 286 cm³/mol. The Hall–Kier alpha value is -7.36. The first-order valence-corrected chi connectivity index (χ1v) is 28.3. The van der Waals surface area contributed by atoms with E-state index in [1.54, 1.807) is 93.4 Å². The van der Waals surface area contributed by atoms with Crippen LogP contribution in [0.1, 0.15) is 36.0 Å². The number of β-amino-alcohol motifs (C(OH)–C–C–N with tert-alkyl or cyclic N) is 2. The molecule has 412 valence electrons. The van der Waals surface area contributed by atoms with Gasteiger partial charge in [-0.3, -0.25) is 9.13 Å². The lowest BCUT2D eigenvalue weighted by Crippen LogP contribution is -2.49. The van der Waals surface area contributed by atoms with Gasteiger partial charge in [-0.1, -0.05) is 35.3 Å². The van der Waals surface area contributed by atoms with Crippen molar-refractivity contribution in [2.75, 3.05) is 64.4 Å². The van der Waals surface area contributed by atoms with E-state index < -0.39 is 53.9 Å². The molecule has 0 aliphatic carbocycles. The molecule has 0 spiro atoms. The number of piperidine rings is 2. The molecular weight excluding hydrogens is 1100 g/mol. The molecule has 28 heteroatoms. The molecule has 4 atom stereocenters. The Balaban J connectivity index is 0.000000190. The van der Waals surface area contributed by atoms with Crippen LogP contribution in [0.5, 0.6) is 23.0 Å². The number of aliphatic hydroxyl groups excluding tert-OH is 2. The molecular formula is C50H54Cl2N12O12S2. The molecule has 2 N–H and O–H groups in total. The van der Waals surface area contributed by atoms with Crippen molar-refractivity contribution < 1.29 is 54.8 Å². The Morgan fingerprint density at radius 3 is 1.19 bits per heavy atom. The van der Waals surface area contributed by atoms with E-state index in [-0.39, 0.29) is 74.2 Å². The summed E-state index contributed by atoms with van der Waals surface area (Å²) in [5, 5.41) is 37.1. The highest BCUT2D eigenvalue weighted by Gasteiger charge is 2.40. The number of anilines is 2. The first-order chi connectivity index (χ1) is 37.4. The van der Waals surface area contributed by atoms with Crippen LogP contribution in [0.4, 0.5) is 11.9 Å². The second-order valence-corrected chi connectivity index (χ2v) is 23.7. The maximum Gasteiger partial charge on any atom is 0.225 e. The molecule has 0 bridgehead atoms. The fraction of sp³-hybridized carbons (Fsp3) is 0.360. The number of methoxy groups -OCH3 is 4. The number of furan rings is 2. The summed E-state index contributed by atoms with van der Waals surface area (Å²) in [7, 11) is -1.71. The number of ether oxygens (including phenoxy) is 4. The summed E-state index contributed by atoms with van der Waals surface area (Å²) in [6.07, 6.45) is 4.03. The summed E-state index contributed by atoms with van der Waals surface area (Å²) in [4.78, 5) is 20.0. The van der Waals surface area contributed by atoms with Crippen molar-refractivity contribution in [1.82, 2.24) is 49.5 Å². The minimum absolute atomic E-state index is 0.0583. The van der Waals surface area contributed by atoms with E-state index in [9.17, 15) is 27.0 Å². The van der Waals surface area contributed by atoms with Gasteiger partial charge in [0.15, 0.2) is 42.8 Å². The molecule has 10 rings (SSSR count). The zero-order chi connectivity index (χ0) is 55.5. The van der Waals surface area contributed by atoms with Gasteiger partial charge in [0.25, 0.3) is 0 Å². The number of halogens is 2. The minimum Gasteiger partial charge on any atom is -0.494 e. The zero-order valence-electron chi connectivity index (χ0n) is 43.0. The molecule has 2 fully saturated rings. The largest absolute Gasteiger partial charge is 0.494 e. The highest BCUT2D eigenvalue weighted by atomic mass is 35.5. The molecule has 24 nitrogen and oxygen atoms in total. The van der Waals surface area contributed by atoms with Crippen molar-refractivity contribution in [1.29, 1.82) is 0 Å². The Morgan fingerprint density at radius 1 is 0.538 bits per heavy atom. The Kier molecular flexibility index (Phi) is 16.6. The molecule has 78 heavy (non-hydrogen) atoms. The molecule has 0 saturated carbocycles. The van der Waals surface area contributed by atoms with Crippen LogP contribution in [0.3, 0.4) is 0 Å². The maximum atomic E-state index is 13.8. The number of para-hydroxylation sites is 2. The van der Waals surface area contributed by atoms with Crippen molar-refractivity contribution in [3.8, 4) is 57.5 Å². The lowest BCUT2D eigenvalue weighted by atomic mass is 10.1. The van der Waals surface area contributed by atoms with Gasteiger partial charge in [0.05, 0.1) is 86.0 Å². The highest BCUT2D eigenvalue weighted by molar-refractivity contribution is 7.91. The third-order valence-corrected chi connectivity index (χ3v) is 17.3.